The van der Waals surface area contributed by atoms with Crippen molar-refractivity contribution in [2.45, 2.75) is 33.5 Å². The average molecular weight is 507 g/mol. The molecule has 0 radical (unpaired) electrons. The van der Waals surface area contributed by atoms with Gasteiger partial charge in [0, 0.05) is 16.7 Å². The second kappa shape index (κ2) is 16.5. The highest BCUT2D eigenvalue weighted by Crippen LogP contribution is 2.17. The lowest BCUT2D eigenvalue weighted by atomic mass is 10.1. The Balaban J connectivity index is 0.000000215. The number of nitrogens with zero attached hydrogens (tertiary/aromatic N) is 4. The van der Waals surface area contributed by atoms with Crippen LogP contribution in [0.25, 0.3) is 22.5 Å². The molecule has 0 saturated carbocycles. The molecule has 0 spiro atoms. The first kappa shape index (κ1) is 28.3. The van der Waals surface area contributed by atoms with E-state index in [9.17, 15) is 0 Å². The lowest BCUT2D eigenvalue weighted by molar-refractivity contribution is 0.123. The predicted molar refractivity (Wildman–Crippen MR) is 152 cm³/mol. The Kier molecular flexibility index (Phi) is 12.3. The van der Waals surface area contributed by atoms with Crippen molar-refractivity contribution in [3.05, 3.63) is 132 Å². The van der Waals surface area contributed by atoms with Crippen molar-refractivity contribution in [1.29, 1.82) is 0 Å². The first-order valence-electron chi connectivity index (χ1n) is 12.8. The highest BCUT2D eigenvalue weighted by atomic mass is 16.5. The quantitative estimate of drug-likeness (QED) is 0.240. The Hall–Kier alpha value is -4.26. The van der Waals surface area contributed by atoms with Gasteiger partial charge in [0.05, 0.1) is 43.6 Å². The van der Waals surface area contributed by atoms with E-state index in [0.717, 1.165) is 40.1 Å². The highest BCUT2D eigenvalue weighted by Gasteiger charge is 2.02. The van der Waals surface area contributed by atoms with E-state index in [1.54, 1.807) is 12.4 Å². The third-order valence-electron chi connectivity index (χ3n) is 5.39. The van der Waals surface area contributed by atoms with Crippen LogP contribution >= 0.6 is 0 Å². The molecule has 0 bridgehead atoms. The fourth-order valence-corrected chi connectivity index (χ4v) is 3.50. The van der Waals surface area contributed by atoms with E-state index in [1.165, 1.54) is 5.56 Å². The van der Waals surface area contributed by atoms with Crippen molar-refractivity contribution in [3.63, 3.8) is 0 Å². The second-order valence-electron chi connectivity index (χ2n) is 8.08. The van der Waals surface area contributed by atoms with Gasteiger partial charge in [-0.05, 0) is 29.7 Å². The molecular formula is C32H34N4O2. The summed E-state index contributed by atoms with van der Waals surface area (Å²) in [6, 6.07) is 34.1. The van der Waals surface area contributed by atoms with Gasteiger partial charge in [0.1, 0.15) is 0 Å². The zero-order valence-electron chi connectivity index (χ0n) is 21.9. The third kappa shape index (κ3) is 9.32. The lowest BCUT2D eigenvalue weighted by Gasteiger charge is -2.06. The van der Waals surface area contributed by atoms with Crippen molar-refractivity contribution < 1.29 is 9.84 Å². The van der Waals surface area contributed by atoms with Crippen molar-refractivity contribution in [3.8, 4) is 22.5 Å². The minimum atomic E-state index is -0.00461. The maximum atomic E-state index is 8.94. The van der Waals surface area contributed by atoms with E-state index in [-0.39, 0.29) is 6.61 Å². The van der Waals surface area contributed by atoms with Crippen LogP contribution in [0.3, 0.4) is 0 Å². The van der Waals surface area contributed by atoms with Crippen LogP contribution < -0.4 is 0 Å². The number of aromatic nitrogens is 4. The Morgan fingerprint density at radius 3 is 1.61 bits per heavy atom. The number of benzene rings is 3. The number of aliphatic hydroxyl groups is 1. The maximum absolute atomic E-state index is 8.94. The molecule has 38 heavy (non-hydrogen) atoms. The van der Waals surface area contributed by atoms with Crippen LogP contribution in [0.15, 0.2) is 116 Å². The van der Waals surface area contributed by atoms with E-state index in [1.807, 2.05) is 105 Å². The molecule has 5 aromatic rings. The summed E-state index contributed by atoms with van der Waals surface area (Å²) in [7, 11) is 0. The highest BCUT2D eigenvalue weighted by molar-refractivity contribution is 5.59. The molecule has 0 aliphatic heterocycles. The van der Waals surface area contributed by atoms with Crippen LogP contribution in [-0.2, 0) is 24.4 Å². The van der Waals surface area contributed by atoms with Gasteiger partial charge in [-0.3, -0.25) is 0 Å². The van der Waals surface area contributed by atoms with Gasteiger partial charge in [0.15, 0.2) is 0 Å². The van der Waals surface area contributed by atoms with Crippen molar-refractivity contribution in [1.82, 2.24) is 20.4 Å². The third-order valence-corrected chi connectivity index (χ3v) is 5.39. The smallest absolute Gasteiger partial charge is 0.0933 e. The van der Waals surface area contributed by atoms with Gasteiger partial charge in [-0.15, -0.1) is 0 Å². The molecule has 0 aliphatic carbocycles. The van der Waals surface area contributed by atoms with Crippen LogP contribution in [0, 0.1) is 0 Å². The van der Waals surface area contributed by atoms with Gasteiger partial charge >= 0.3 is 0 Å². The van der Waals surface area contributed by atoms with Gasteiger partial charge in [-0.1, -0.05) is 105 Å². The first-order valence-corrected chi connectivity index (χ1v) is 12.8. The zero-order chi connectivity index (χ0) is 26.8. The van der Waals surface area contributed by atoms with E-state index in [0.29, 0.717) is 13.2 Å². The largest absolute Gasteiger partial charge is 0.392 e. The van der Waals surface area contributed by atoms with Crippen molar-refractivity contribution in [2.24, 2.45) is 0 Å². The van der Waals surface area contributed by atoms with Crippen LogP contribution in [0.1, 0.15) is 30.5 Å². The van der Waals surface area contributed by atoms with Crippen LogP contribution in [0.4, 0.5) is 0 Å². The van der Waals surface area contributed by atoms with Crippen LogP contribution in [0.5, 0.6) is 0 Å². The van der Waals surface area contributed by atoms with E-state index in [4.69, 9.17) is 9.84 Å². The van der Waals surface area contributed by atoms with Gasteiger partial charge in [-0.25, -0.2) is 0 Å². The molecule has 2 aromatic heterocycles. The Labute approximate surface area is 225 Å². The van der Waals surface area contributed by atoms with E-state index >= 15 is 0 Å². The molecule has 0 aliphatic rings. The van der Waals surface area contributed by atoms with E-state index in [2.05, 4.69) is 32.5 Å². The molecule has 194 valence electrons. The minimum Gasteiger partial charge on any atom is -0.392 e. The molecule has 0 saturated heterocycles. The summed E-state index contributed by atoms with van der Waals surface area (Å²) in [5.74, 6) is 0. The minimum absolute atomic E-state index is 0.00461. The number of hydrogen-bond donors (Lipinski definition) is 1. The molecule has 0 fully saturated rings. The molecule has 0 atom stereocenters. The van der Waals surface area contributed by atoms with Gasteiger partial charge < -0.3 is 9.84 Å². The molecule has 2 heterocycles. The summed E-state index contributed by atoms with van der Waals surface area (Å²) in [6.07, 6.45) is 4.24. The number of rotatable bonds is 8. The standard InChI is InChI=1S/C19H18N2O.C11H10N2O.C2H6/c1-3-7-16(8-4-1)11-12-22-15-17-13-19(21-20-14-17)18-9-5-2-6-10-18;14-8-9-6-11(13-12-7-9)10-4-2-1-3-5-10;1-2/h1-10,13-14H,11-12,15H2;1-7,14H,8H2;1-2H3. The Bertz CT molecular complexity index is 1320. The first-order chi connectivity index (χ1) is 18.8. The Morgan fingerprint density at radius 2 is 1.08 bits per heavy atom. The lowest BCUT2D eigenvalue weighted by Crippen LogP contribution is -2.00. The normalized spacial score (nSPS) is 9.97. The second-order valence-corrected chi connectivity index (χ2v) is 8.08. The summed E-state index contributed by atoms with van der Waals surface area (Å²) in [6.45, 7) is 5.25. The summed E-state index contributed by atoms with van der Waals surface area (Å²) < 4.78 is 5.75. The fraction of sp³-hybridized carbons (Fsp3) is 0.188. The topological polar surface area (TPSA) is 81.0 Å². The fourth-order valence-electron chi connectivity index (χ4n) is 3.50. The molecule has 0 amide bonds. The van der Waals surface area contributed by atoms with Gasteiger partial charge in [0.25, 0.3) is 0 Å². The van der Waals surface area contributed by atoms with Crippen LogP contribution in [0.2, 0.25) is 0 Å². The maximum Gasteiger partial charge on any atom is 0.0933 e. The zero-order valence-corrected chi connectivity index (χ0v) is 21.9. The molecule has 1 N–H and O–H groups in total. The molecule has 3 aromatic carbocycles. The SMILES string of the molecule is CC.OCc1cnnc(-c2ccccc2)c1.c1ccc(CCOCc2cnnc(-c3ccccc3)c2)cc1. The average Bonchev–Trinajstić information content (AvgIpc) is 3.02. The summed E-state index contributed by atoms with van der Waals surface area (Å²) >= 11 is 0. The van der Waals surface area contributed by atoms with Gasteiger partial charge in [0.2, 0.25) is 0 Å². The number of aliphatic hydroxyl groups excluding tert-OH is 1. The van der Waals surface area contributed by atoms with Crippen LogP contribution in [-0.4, -0.2) is 32.1 Å². The predicted octanol–water partition coefficient (Wildman–Crippen LogP) is 6.57. The molecule has 6 nitrogen and oxygen atoms in total. The summed E-state index contributed by atoms with van der Waals surface area (Å²) in [4.78, 5) is 0. The summed E-state index contributed by atoms with van der Waals surface area (Å²) in [5.41, 5.74) is 6.86. The number of hydrogen-bond acceptors (Lipinski definition) is 6. The summed E-state index contributed by atoms with van der Waals surface area (Å²) in [5, 5.41) is 25.0. The number of ether oxygens (including phenoxy) is 1. The monoisotopic (exact) mass is 506 g/mol. The van der Waals surface area contributed by atoms with E-state index < -0.39 is 0 Å². The molecule has 5 rings (SSSR count). The molecular weight excluding hydrogens is 472 g/mol. The molecule has 6 heteroatoms. The van der Waals surface area contributed by atoms with Crippen molar-refractivity contribution in [2.75, 3.05) is 6.61 Å². The van der Waals surface area contributed by atoms with Gasteiger partial charge in [-0.2, -0.15) is 20.4 Å². The Morgan fingerprint density at radius 1 is 0.605 bits per heavy atom. The van der Waals surface area contributed by atoms with Crippen molar-refractivity contribution >= 4 is 0 Å². The molecule has 0 unspecified atom stereocenters.